The smallest absolute Gasteiger partial charge is 0.319 e. The van der Waals surface area contributed by atoms with Gasteiger partial charge in [0.05, 0.1) is 6.54 Å². The maximum Gasteiger partial charge on any atom is 0.319 e. The van der Waals surface area contributed by atoms with Gasteiger partial charge in [-0.3, -0.25) is 4.79 Å². The summed E-state index contributed by atoms with van der Waals surface area (Å²) in [4.78, 5) is 10.2. The number of carbonyl (C=O) groups excluding carboxylic acids is 1. The van der Waals surface area contributed by atoms with E-state index in [1.54, 1.807) is 0 Å². The van der Waals surface area contributed by atoms with Gasteiger partial charge in [0, 0.05) is 5.75 Å². The first-order valence-corrected chi connectivity index (χ1v) is 2.91. The highest BCUT2D eigenvalue weighted by Gasteiger charge is 1.93. The van der Waals surface area contributed by atoms with Gasteiger partial charge in [0.25, 0.3) is 0 Å². The van der Waals surface area contributed by atoms with Crippen LogP contribution < -0.4 is 5.73 Å². The van der Waals surface area contributed by atoms with Crippen molar-refractivity contribution in [1.29, 1.82) is 0 Å². The molecular weight excluding hydrogens is 126 g/mol. The van der Waals surface area contributed by atoms with Crippen LogP contribution in [0.15, 0.2) is 0 Å². The van der Waals surface area contributed by atoms with Crippen molar-refractivity contribution in [2.45, 2.75) is 0 Å². The molecule has 0 spiro atoms. The molecule has 0 aliphatic rings. The molecule has 0 aromatic heterocycles. The van der Waals surface area contributed by atoms with E-state index in [-0.39, 0.29) is 12.5 Å². The Hall–Kier alpha value is -0.220. The Morgan fingerprint density at radius 1 is 1.75 bits per heavy atom. The summed E-state index contributed by atoms with van der Waals surface area (Å²) in [6, 6.07) is 0. The minimum Gasteiger partial charge on any atom is -0.464 e. The lowest BCUT2D eigenvalue weighted by molar-refractivity contribution is -0.141. The predicted octanol–water partition coefficient (Wildman–Crippen LogP) is -0.582. The number of rotatable bonds is 3. The molecule has 0 heterocycles. The Morgan fingerprint density at radius 2 is 2.38 bits per heavy atom. The van der Waals surface area contributed by atoms with Crippen LogP contribution in [0.5, 0.6) is 0 Å². The van der Waals surface area contributed by atoms with E-state index in [2.05, 4.69) is 17.4 Å². The zero-order valence-electron chi connectivity index (χ0n) is 4.46. The van der Waals surface area contributed by atoms with Crippen molar-refractivity contribution in [2.24, 2.45) is 5.73 Å². The van der Waals surface area contributed by atoms with Gasteiger partial charge in [0.2, 0.25) is 0 Å². The van der Waals surface area contributed by atoms with Crippen LogP contribution in [-0.4, -0.2) is 24.9 Å². The van der Waals surface area contributed by atoms with Gasteiger partial charge in [-0.2, -0.15) is 12.6 Å². The largest absolute Gasteiger partial charge is 0.464 e. The Labute approximate surface area is 53.6 Å². The first kappa shape index (κ1) is 7.78. The summed E-state index contributed by atoms with van der Waals surface area (Å²) < 4.78 is 4.50. The van der Waals surface area contributed by atoms with Gasteiger partial charge in [-0.05, 0) is 0 Å². The molecule has 0 aliphatic heterocycles. The number of hydrogen-bond donors (Lipinski definition) is 2. The van der Waals surface area contributed by atoms with E-state index in [0.29, 0.717) is 12.4 Å². The number of hydrogen-bond acceptors (Lipinski definition) is 4. The van der Waals surface area contributed by atoms with Crippen molar-refractivity contribution in [3.8, 4) is 0 Å². The van der Waals surface area contributed by atoms with E-state index < -0.39 is 0 Å². The molecule has 0 amide bonds. The summed E-state index contributed by atoms with van der Waals surface area (Å²) in [5.41, 5.74) is 4.91. The average Bonchev–Trinajstić information content (AvgIpc) is 1.83. The van der Waals surface area contributed by atoms with Crippen LogP contribution in [0, 0.1) is 0 Å². The number of ether oxygens (including phenoxy) is 1. The summed E-state index contributed by atoms with van der Waals surface area (Å²) >= 11 is 3.82. The Bertz CT molecular complexity index is 76.4. The molecule has 0 saturated carbocycles. The quantitative estimate of drug-likeness (QED) is 0.402. The number of carbonyl (C=O) groups is 1. The summed E-state index contributed by atoms with van der Waals surface area (Å²) in [7, 11) is 0. The third-order valence-corrected chi connectivity index (χ3v) is 0.704. The van der Waals surface area contributed by atoms with Crippen molar-refractivity contribution < 1.29 is 9.53 Å². The van der Waals surface area contributed by atoms with Crippen molar-refractivity contribution in [2.75, 3.05) is 18.9 Å². The molecule has 2 N–H and O–H groups in total. The van der Waals surface area contributed by atoms with Crippen LogP contribution in [-0.2, 0) is 9.53 Å². The third kappa shape index (κ3) is 3.95. The molecule has 0 aromatic carbocycles. The molecule has 0 radical (unpaired) electrons. The molecule has 0 unspecified atom stereocenters. The second-order valence-corrected chi connectivity index (χ2v) is 1.60. The maximum absolute atomic E-state index is 10.2. The van der Waals surface area contributed by atoms with Gasteiger partial charge in [0.15, 0.2) is 0 Å². The number of esters is 1. The van der Waals surface area contributed by atoms with Gasteiger partial charge >= 0.3 is 5.97 Å². The lowest BCUT2D eigenvalue weighted by Crippen LogP contribution is -2.17. The summed E-state index contributed by atoms with van der Waals surface area (Å²) in [6.45, 7) is 0.299. The number of thiol groups is 1. The standard InChI is InChI=1S/C4H9NO2S/c5-3-4(6)7-1-2-8/h8H,1-3,5H2. The molecule has 3 nitrogen and oxygen atoms in total. The van der Waals surface area contributed by atoms with Crippen LogP contribution in [0.1, 0.15) is 0 Å². The third-order valence-electron chi connectivity index (χ3n) is 0.521. The predicted molar refractivity (Wildman–Crippen MR) is 33.9 cm³/mol. The summed E-state index contributed by atoms with van der Waals surface area (Å²) in [5.74, 6) is 0.171. The maximum atomic E-state index is 10.2. The lowest BCUT2D eigenvalue weighted by atomic mass is 10.7. The Balaban J connectivity index is 2.99. The van der Waals surface area contributed by atoms with Gasteiger partial charge in [-0.25, -0.2) is 0 Å². The molecule has 48 valence electrons. The summed E-state index contributed by atoms with van der Waals surface area (Å²) in [6.07, 6.45) is 0. The Kier molecular flexibility index (Phi) is 4.79. The zero-order valence-corrected chi connectivity index (χ0v) is 5.36. The Morgan fingerprint density at radius 3 is 2.75 bits per heavy atom. The number of nitrogens with two attached hydrogens (primary N) is 1. The van der Waals surface area contributed by atoms with E-state index in [9.17, 15) is 4.79 Å². The van der Waals surface area contributed by atoms with Crippen molar-refractivity contribution in [1.82, 2.24) is 0 Å². The molecular formula is C4H9NO2S. The fourth-order valence-corrected chi connectivity index (χ4v) is 0.310. The summed E-state index contributed by atoms with van der Waals surface area (Å²) in [5, 5.41) is 0. The minimum atomic E-state index is -0.376. The molecule has 0 saturated heterocycles. The van der Waals surface area contributed by atoms with Crippen LogP contribution in [0.3, 0.4) is 0 Å². The first-order chi connectivity index (χ1) is 3.81. The highest BCUT2D eigenvalue weighted by Crippen LogP contribution is 1.77. The zero-order chi connectivity index (χ0) is 6.41. The lowest BCUT2D eigenvalue weighted by Gasteiger charge is -1.96. The second-order valence-electron chi connectivity index (χ2n) is 1.15. The molecule has 0 bridgehead atoms. The highest BCUT2D eigenvalue weighted by atomic mass is 32.1. The average molecular weight is 135 g/mol. The van der Waals surface area contributed by atoms with Crippen molar-refractivity contribution in [3.05, 3.63) is 0 Å². The fourth-order valence-electron chi connectivity index (χ4n) is 0.218. The van der Waals surface area contributed by atoms with Crippen LogP contribution in [0.4, 0.5) is 0 Å². The van der Waals surface area contributed by atoms with Gasteiger partial charge in [-0.15, -0.1) is 0 Å². The topological polar surface area (TPSA) is 52.3 Å². The molecule has 0 aliphatic carbocycles. The normalized spacial score (nSPS) is 8.75. The van der Waals surface area contributed by atoms with E-state index >= 15 is 0 Å². The van der Waals surface area contributed by atoms with Crippen LogP contribution in [0.2, 0.25) is 0 Å². The van der Waals surface area contributed by atoms with Crippen molar-refractivity contribution in [3.63, 3.8) is 0 Å². The SMILES string of the molecule is NCC(=O)OCCS. The van der Waals surface area contributed by atoms with E-state index in [4.69, 9.17) is 5.73 Å². The second kappa shape index (κ2) is 4.93. The molecule has 0 fully saturated rings. The molecule has 0 rings (SSSR count). The van der Waals surface area contributed by atoms with Crippen LogP contribution >= 0.6 is 12.6 Å². The monoisotopic (exact) mass is 135 g/mol. The van der Waals surface area contributed by atoms with Crippen molar-refractivity contribution >= 4 is 18.6 Å². The molecule has 8 heavy (non-hydrogen) atoms. The fraction of sp³-hybridized carbons (Fsp3) is 0.750. The molecule has 0 aromatic rings. The van der Waals surface area contributed by atoms with E-state index in [1.165, 1.54) is 0 Å². The van der Waals surface area contributed by atoms with Gasteiger partial charge in [-0.1, -0.05) is 0 Å². The van der Waals surface area contributed by atoms with E-state index in [0.717, 1.165) is 0 Å². The minimum absolute atomic E-state index is 0.0478. The highest BCUT2D eigenvalue weighted by molar-refractivity contribution is 7.80. The van der Waals surface area contributed by atoms with Crippen LogP contribution in [0.25, 0.3) is 0 Å². The first-order valence-electron chi connectivity index (χ1n) is 2.27. The van der Waals surface area contributed by atoms with E-state index in [1.807, 2.05) is 0 Å². The van der Waals surface area contributed by atoms with Gasteiger partial charge < -0.3 is 10.5 Å². The van der Waals surface area contributed by atoms with Gasteiger partial charge in [0.1, 0.15) is 6.61 Å². The molecule has 0 atom stereocenters. The molecule has 4 heteroatoms.